The van der Waals surface area contributed by atoms with Gasteiger partial charge in [0.05, 0.1) is 0 Å². The van der Waals surface area contributed by atoms with E-state index < -0.39 is 0 Å². The van der Waals surface area contributed by atoms with E-state index >= 15 is 0 Å². The van der Waals surface area contributed by atoms with Gasteiger partial charge in [0.15, 0.2) is 5.65 Å². The highest BCUT2D eigenvalue weighted by atomic mass is 16.2. The Morgan fingerprint density at radius 2 is 2.29 bits per heavy atom. The Bertz CT molecular complexity index is 539. The van der Waals surface area contributed by atoms with Gasteiger partial charge in [-0.1, -0.05) is 6.92 Å². The van der Waals surface area contributed by atoms with Gasteiger partial charge in [0.2, 0.25) is 0 Å². The molecule has 0 aliphatic heterocycles. The molecule has 17 heavy (non-hydrogen) atoms. The van der Waals surface area contributed by atoms with Crippen LogP contribution in [0.1, 0.15) is 13.3 Å². The van der Waals surface area contributed by atoms with Gasteiger partial charge in [-0.05, 0) is 18.6 Å². The molecule has 0 bridgehead atoms. The van der Waals surface area contributed by atoms with Crippen molar-refractivity contribution in [2.24, 2.45) is 5.73 Å². The Hall–Kier alpha value is -1.89. The maximum absolute atomic E-state index is 11.4. The summed E-state index contributed by atoms with van der Waals surface area (Å²) in [6.07, 6.45) is 1.00. The van der Waals surface area contributed by atoms with E-state index in [1.54, 1.807) is 6.07 Å². The SMILES string of the molecule is CCCN(CCN)c1ccc2n[nH]c(=O)n2n1. The summed E-state index contributed by atoms with van der Waals surface area (Å²) in [5.41, 5.74) is 5.75. The summed E-state index contributed by atoms with van der Waals surface area (Å²) in [5, 5.41) is 10.4. The molecule has 0 amide bonds. The van der Waals surface area contributed by atoms with Crippen molar-refractivity contribution in [2.75, 3.05) is 24.5 Å². The molecule has 0 aliphatic rings. The van der Waals surface area contributed by atoms with Crippen molar-refractivity contribution < 1.29 is 0 Å². The lowest BCUT2D eigenvalue weighted by Crippen LogP contribution is -2.31. The predicted molar refractivity (Wildman–Crippen MR) is 65.2 cm³/mol. The zero-order valence-electron chi connectivity index (χ0n) is 9.76. The molecule has 0 atom stereocenters. The molecule has 0 saturated carbocycles. The molecule has 0 saturated heterocycles. The number of nitrogens with one attached hydrogen (secondary N) is 1. The van der Waals surface area contributed by atoms with Gasteiger partial charge in [-0.15, -0.1) is 5.10 Å². The minimum atomic E-state index is -0.328. The minimum absolute atomic E-state index is 0.328. The predicted octanol–water partition coefficient (Wildman–Crippen LogP) is -0.407. The quantitative estimate of drug-likeness (QED) is 0.736. The monoisotopic (exact) mass is 236 g/mol. The van der Waals surface area contributed by atoms with Crippen LogP contribution in [0, 0.1) is 0 Å². The number of hydrogen-bond donors (Lipinski definition) is 2. The van der Waals surface area contributed by atoms with Gasteiger partial charge in [0.1, 0.15) is 5.82 Å². The third kappa shape index (κ3) is 2.28. The molecule has 0 aromatic carbocycles. The van der Waals surface area contributed by atoms with Crippen molar-refractivity contribution in [1.29, 1.82) is 0 Å². The van der Waals surface area contributed by atoms with Crippen molar-refractivity contribution in [1.82, 2.24) is 19.8 Å². The number of H-pyrrole nitrogens is 1. The van der Waals surface area contributed by atoms with E-state index in [-0.39, 0.29) is 5.69 Å². The molecule has 7 heteroatoms. The maximum atomic E-state index is 11.4. The van der Waals surface area contributed by atoms with Crippen molar-refractivity contribution in [3.8, 4) is 0 Å². The van der Waals surface area contributed by atoms with Gasteiger partial charge in [-0.25, -0.2) is 9.89 Å². The molecule has 0 radical (unpaired) electrons. The summed E-state index contributed by atoms with van der Waals surface area (Å²) >= 11 is 0. The van der Waals surface area contributed by atoms with E-state index in [1.165, 1.54) is 4.52 Å². The highest BCUT2D eigenvalue weighted by Crippen LogP contribution is 2.10. The molecule has 2 aromatic rings. The molecular weight excluding hydrogens is 220 g/mol. The zero-order valence-corrected chi connectivity index (χ0v) is 9.76. The second-order valence-electron chi connectivity index (χ2n) is 3.77. The van der Waals surface area contributed by atoms with Crippen molar-refractivity contribution in [2.45, 2.75) is 13.3 Å². The largest absolute Gasteiger partial charge is 0.364 e. The Morgan fingerprint density at radius 3 is 3.00 bits per heavy atom. The lowest BCUT2D eigenvalue weighted by Gasteiger charge is -2.21. The fourth-order valence-corrected chi connectivity index (χ4v) is 1.73. The first-order valence-corrected chi connectivity index (χ1v) is 5.65. The Labute approximate surface area is 98.2 Å². The van der Waals surface area contributed by atoms with Crippen LogP contribution in [0.5, 0.6) is 0 Å². The Kier molecular flexibility index (Phi) is 3.38. The lowest BCUT2D eigenvalue weighted by molar-refractivity contribution is 0.731. The van der Waals surface area contributed by atoms with Crippen LogP contribution < -0.4 is 16.3 Å². The third-order valence-electron chi connectivity index (χ3n) is 2.48. The molecule has 0 unspecified atom stereocenters. The molecule has 0 fully saturated rings. The summed E-state index contributed by atoms with van der Waals surface area (Å²) in [6, 6.07) is 3.61. The number of hydrogen-bond acceptors (Lipinski definition) is 5. The molecule has 2 heterocycles. The molecule has 2 rings (SSSR count). The zero-order chi connectivity index (χ0) is 12.3. The number of nitrogens with two attached hydrogens (primary N) is 1. The van der Waals surface area contributed by atoms with E-state index in [4.69, 9.17) is 5.73 Å². The van der Waals surface area contributed by atoms with Gasteiger partial charge in [-0.2, -0.15) is 9.61 Å². The highest BCUT2D eigenvalue weighted by Gasteiger charge is 2.08. The molecule has 2 aromatic heterocycles. The number of anilines is 1. The first-order valence-electron chi connectivity index (χ1n) is 5.65. The second-order valence-corrected chi connectivity index (χ2v) is 3.77. The van der Waals surface area contributed by atoms with Crippen molar-refractivity contribution >= 4 is 11.5 Å². The van der Waals surface area contributed by atoms with Crippen LogP contribution in [0.2, 0.25) is 0 Å². The third-order valence-corrected chi connectivity index (χ3v) is 2.48. The van der Waals surface area contributed by atoms with Crippen LogP contribution in [0.25, 0.3) is 5.65 Å². The fourth-order valence-electron chi connectivity index (χ4n) is 1.73. The van der Waals surface area contributed by atoms with Gasteiger partial charge in [0.25, 0.3) is 0 Å². The fraction of sp³-hybridized carbons (Fsp3) is 0.500. The Morgan fingerprint density at radius 1 is 1.47 bits per heavy atom. The standard InChI is InChI=1S/C10H16N6O/c1-2-6-15(7-5-11)9-4-3-8-12-13-10(17)16(8)14-9/h3-4H,2,5-7,11H2,1H3,(H,13,17). The molecule has 0 aliphatic carbocycles. The average Bonchev–Trinajstić information content (AvgIpc) is 2.71. The van der Waals surface area contributed by atoms with Crippen LogP contribution in [-0.4, -0.2) is 39.4 Å². The summed E-state index contributed by atoms with van der Waals surface area (Å²) in [5.74, 6) is 0.744. The number of fused-ring (bicyclic) bond motifs is 1. The first kappa shape index (κ1) is 11.6. The maximum Gasteiger partial charge on any atom is 0.364 e. The van der Waals surface area contributed by atoms with Crippen LogP contribution in [0.4, 0.5) is 5.82 Å². The van der Waals surface area contributed by atoms with Gasteiger partial charge < -0.3 is 10.6 Å². The minimum Gasteiger partial charge on any atom is -0.354 e. The van der Waals surface area contributed by atoms with Gasteiger partial charge in [-0.3, -0.25) is 0 Å². The molecule has 3 N–H and O–H groups in total. The van der Waals surface area contributed by atoms with Crippen molar-refractivity contribution in [3.05, 3.63) is 22.6 Å². The summed E-state index contributed by atoms with van der Waals surface area (Å²) < 4.78 is 1.26. The number of rotatable bonds is 5. The van der Waals surface area contributed by atoms with Crippen LogP contribution in [-0.2, 0) is 0 Å². The van der Waals surface area contributed by atoms with Crippen LogP contribution in [0.3, 0.4) is 0 Å². The molecule has 92 valence electrons. The molecule has 7 nitrogen and oxygen atoms in total. The summed E-state index contributed by atoms with van der Waals surface area (Å²) in [7, 11) is 0. The first-order chi connectivity index (χ1) is 8.26. The molecular formula is C10H16N6O. The van der Waals surface area contributed by atoms with Gasteiger partial charge >= 0.3 is 5.69 Å². The summed E-state index contributed by atoms with van der Waals surface area (Å²) in [6.45, 7) is 4.23. The van der Waals surface area contributed by atoms with Crippen molar-refractivity contribution in [3.63, 3.8) is 0 Å². The Balaban J connectivity index is 2.38. The van der Waals surface area contributed by atoms with Crippen LogP contribution in [0.15, 0.2) is 16.9 Å². The summed E-state index contributed by atoms with van der Waals surface area (Å²) in [4.78, 5) is 13.5. The van der Waals surface area contributed by atoms with E-state index in [0.717, 1.165) is 25.3 Å². The van der Waals surface area contributed by atoms with E-state index in [1.807, 2.05) is 6.07 Å². The van der Waals surface area contributed by atoms with E-state index in [2.05, 4.69) is 27.1 Å². The number of aromatic amines is 1. The molecule has 0 spiro atoms. The van der Waals surface area contributed by atoms with E-state index in [0.29, 0.717) is 12.2 Å². The highest BCUT2D eigenvalue weighted by molar-refractivity contribution is 5.44. The second kappa shape index (κ2) is 4.96. The van der Waals surface area contributed by atoms with E-state index in [9.17, 15) is 4.79 Å². The topological polar surface area (TPSA) is 92.3 Å². The number of nitrogens with zero attached hydrogens (tertiary/aromatic N) is 4. The normalized spacial score (nSPS) is 10.9. The average molecular weight is 236 g/mol. The van der Waals surface area contributed by atoms with Gasteiger partial charge in [0, 0.05) is 19.6 Å². The van der Waals surface area contributed by atoms with Crippen LogP contribution >= 0.6 is 0 Å². The lowest BCUT2D eigenvalue weighted by atomic mass is 10.3. The number of aromatic nitrogens is 4. The smallest absolute Gasteiger partial charge is 0.354 e.